The number of carbonyl (C=O) groups excluding carboxylic acids is 1. The highest BCUT2D eigenvalue weighted by atomic mass is 32.1. The Morgan fingerprint density at radius 3 is 2.34 bits per heavy atom. The predicted octanol–water partition coefficient (Wildman–Crippen LogP) is 5.59. The van der Waals surface area contributed by atoms with Gasteiger partial charge in [0.25, 0.3) is 0 Å². The van der Waals surface area contributed by atoms with Crippen LogP contribution in [0.2, 0.25) is 0 Å². The molecule has 3 aromatic rings. The van der Waals surface area contributed by atoms with Crippen LogP contribution in [-0.4, -0.2) is 19.2 Å². The summed E-state index contributed by atoms with van der Waals surface area (Å²) in [7, 11) is 0. The summed E-state index contributed by atoms with van der Waals surface area (Å²) in [5, 5.41) is 2.35. The number of thiol groups is 1. The van der Waals surface area contributed by atoms with E-state index in [0.717, 1.165) is 41.1 Å². The third kappa shape index (κ3) is 6.06. The Kier molecular flexibility index (Phi) is 7.64. The van der Waals surface area contributed by atoms with Gasteiger partial charge in [-0.05, 0) is 49.3 Å². The lowest BCUT2D eigenvalue weighted by molar-refractivity contribution is 0.257. The molecule has 0 heterocycles. The van der Waals surface area contributed by atoms with E-state index in [4.69, 9.17) is 15.2 Å². The van der Waals surface area contributed by atoms with Crippen molar-refractivity contribution in [1.29, 1.82) is 0 Å². The Morgan fingerprint density at radius 1 is 0.862 bits per heavy atom. The zero-order chi connectivity index (χ0) is 20.5. The maximum Gasteiger partial charge on any atom is 0.329 e. The van der Waals surface area contributed by atoms with Crippen molar-refractivity contribution in [1.82, 2.24) is 0 Å². The quantitative estimate of drug-likeness (QED) is 0.338. The lowest BCUT2D eigenvalue weighted by atomic mass is 10.1. The maximum absolute atomic E-state index is 11.2. The van der Waals surface area contributed by atoms with Gasteiger partial charge in [-0.2, -0.15) is 0 Å². The Morgan fingerprint density at radius 2 is 1.55 bits per heavy atom. The molecule has 5 nitrogen and oxygen atoms in total. The van der Waals surface area contributed by atoms with Crippen molar-refractivity contribution in [3.8, 4) is 11.5 Å². The van der Waals surface area contributed by atoms with E-state index < -0.39 is 6.03 Å². The van der Waals surface area contributed by atoms with Crippen molar-refractivity contribution < 1.29 is 14.3 Å². The minimum Gasteiger partial charge on any atom is -0.494 e. The van der Waals surface area contributed by atoms with Crippen LogP contribution in [0.25, 0.3) is 10.8 Å². The highest BCUT2D eigenvalue weighted by molar-refractivity contribution is 7.82. The van der Waals surface area contributed by atoms with Crippen LogP contribution >= 0.6 is 12.8 Å². The zero-order valence-electron chi connectivity index (χ0n) is 16.3. The average molecular weight is 411 g/mol. The van der Waals surface area contributed by atoms with E-state index in [1.54, 1.807) is 18.2 Å². The van der Waals surface area contributed by atoms with Crippen molar-refractivity contribution in [3.05, 3.63) is 66.7 Å². The molecule has 152 valence electrons. The summed E-state index contributed by atoms with van der Waals surface area (Å²) in [6, 6.07) is 20.9. The maximum atomic E-state index is 11.2. The zero-order valence-corrected chi connectivity index (χ0v) is 17.2. The first-order valence-corrected chi connectivity index (χ1v) is 10.2. The van der Waals surface area contributed by atoms with Crippen molar-refractivity contribution in [2.24, 2.45) is 5.73 Å². The van der Waals surface area contributed by atoms with Gasteiger partial charge < -0.3 is 15.2 Å². The highest BCUT2D eigenvalue weighted by Gasteiger charge is 2.08. The Labute approximate surface area is 177 Å². The van der Waals surface area contributed by atoms with Crippen molar-refractivity contribution in [2.45, 2.75) is 25.7 Å². The summed E-state index contributed by atoms with van der Waals surface area (Å²) in [5.74, 6) is 1.64. The van der Waals surface area contributed by atoms with Crippen LogP contribution in [-0.2, 0) is 0 Å². The topological polar surface area (TPSA) is 64.8 Å². The van der Waals surface area contributed by atoms with Gasteiger partial charge in [-0.1, -0.05) is 55.3 Å². The molecule has 0 aliphatic carbocycles. The second kappa shape index (κ2) is 10.6. The molecule has 0 bridgehead atoms. The number of nitrogens with zero attached hydrogens (tertiary/aromatic N) is 1. The van der Waals surface area contributed by atoms with E-state index in [1.165, 1.54) is 5.39 Å². The molecule has 0 spiro atoms. The molecule has 0 saturated heterocycles. The van der Waals surface area contributed by atoms with Crippen molar-refractivity contribution >= 4 is 35.3 Å². The molecular weight excluding hydrogens is 384 g/mol. The van der Waals surface area contributed by atoms with Crippen molar-refractivity contribution in [2.75, 3.05) is 17.5 Å². The first-order valence-electron chi connectivity index (χ1n) is 9.77. The van der Waals surface area contributed by atoms with Crippen LogP contribution < -0.4 is 19.5 Å². The van der Waals surface area contributed by atoms with Crippen LogP contribution in [0, 0.1) is 0 Å². The number of benzene rings is 3. The molecule has 2 amide bonds. The molecule has 0 unspecified atom stereocenters. The van der Waals surface area contributed by atoms with Crippen LogP contribution in [0.3, 0.4) is 0 Å². The molecule has 3 aromatic carbocycles. The van der Waals surface area contributed by atoms with Gasteiger partial charge in [0.2, 0.25) is 0 Å². The summed E-state index contributed by atoms with van der Waals surface area (Å²) in [5.41, 5.74) is 5.81. The lowest BCUT2D eigenvalue weighted by Gasteiger charge is -2.14. The number of urea groups is 1. The number of carbonyl (C=O) groups is 1. The van der Waals surface area contributed by atoms with Gasteiger partial charge in [-0.15, -0.1) is 0 Å². The van der Waals surface area contributed by atoms with Crippen LogP contribution in [0.1, 0.15) is 25.7 Å². The van der Waals surface area contributed by atoms with Crippen LogP contribution in [0.4, 0.5) is 10.5 Å². The van der Waals surface area contributed by atoms with E-state index in [9.17, 15) is 4.79 Å². The number of ether oxygens (including phenoxy) is 2. The summed E-state index contributed by atoms with van der Waals surface area (Å²) >= 11 is 4.06. The monoisotopic (exact) mass is 410 g/mol. The number of hydrogen-bond donors (Lipinski definition) is 2. The number of hydrogen-bond acceptors (Lipinski definition) is 4. The molecule has 3 rings (SSSR count). The number of anilines is 1. The SMILES string of the molecule is NC(=O)N(S)c1cccc(OCCCCCCOc2cccc3ccccc23)c1. The second-order valence-electron chi connectivity index (χ2n) is 6.74. The normalized spacial score (nSPS) is 10.7. The van der Waals surface area contributed by atoms with Crippen LogP contribution in [0.15, 0.2) is 66.7 Å². The summed E-state index contributed by atoms with van der Waals surface area (Å²) in [4.78, 5) is 11.2. The van der Waals surface area contributed by atoms with E-state index in [2.05, 4.69) is 31.0 Å². The predicted molar refractivity (Wildman–Crippen MR) is 121 cm³/mol. The Balaban J connectivity index is 1.33. The summed E-state index contributed by atoms with van der Waals surface area (Å²) in [6.45, 7) is 1.33. The largest absolute Gasteiger partial charge is 0.494 e. The molecule has 0 aromatic heterocycles. The number of fused-ring (bicyclic) bond motifs is 1. The minimum atomic E-state index is -0.629. The fraction of sp³-hybridized carbons (Fsp3) is 0.261. The van der Waals surface area contributed by atoms with Crippen molar-refractivity contribution in [3.63, 3.8) is 0 Å². The van der Waals surface area contributed by atoms with Crippen LogP contribution in [0.5, 0.6) is 11.5 Å². The molecule has 0 fully saturated rings. The third-order valence-electron chi connectivity index (χ3n) is 4.59. The first-order chi connectivity index (χ1) is 14.1. The Hall–Kier alpha value is -2.86. The first kappa shape index (κ1) is 20.9. The van der Waals surface area contributed by atoms with Gasteiger partial charge in [0.1, 0.15) is 11.5 Å². The fourth-order valence-corrected chi connectivity index (χ4v) is 3.21. The average Bonchev–Trinajstić information content (AvgIpc) is 2.75. The molecule has 0 saturated carbocycles. The van der Waals surface area contributed by atoms with E-state index >= 15 is 0 Å². The number of amides is 2. The minimum absolute atomic E-state index is 0.587. The number of rotatable bonds is 10. The van der Waals surface area contributed by atoms with Gasteiger partial charge >= 0.3 is 6.03 Å². The smallest absolute Gasteiger partial charge is 0.329 e. The number of primary amides is 1. The molecule has 0 aliphatic rings. The second-order valence-corrected chi connectivity index (χ2v) is 7.14. The van der Waals surface area contributed by atoms with Gasteiger partial charge in [-0.3, -0.25) is 0 Å². The summed E-state index contributed by atoms with van der Waals surface area (Å²) in [6.07, 6.45) is 4.11. The molecule has 2 N–H and O–H groups in total. The highest BCUT2D eigenvalue weighted by Crippen LogP contribution is 2.25. The van der Waals surface area contributed by atoms with Gasteiger partial charge in [0.15, 0.2) is 0 Å². The van der Waals surface area contributed by atoms with E-state index in [1.807, 2.05) is 30.3 Å². The van der Waals surface area contributed by atoms with Gasteiger partial charge in [0.05, 0.1) is 18.9 Å². The molecule has 0 aliphatic heterocycles. The molecule has 0 radical (unpaired) electrons. The molecule has 0 atom stereocenters. The summed E-state index contributed by atoms with van der Waals surface area (Å²) < 4.78 is 12.8. The molecule has 6 heteroatoms. The standard InChI is InChI=1S/C23H26N2O3S/c24-23(26)25(29)19-11-8-12-20(17-19)27-15-5-1-2-6-16-28-22-14-7-10-18-9-3-4-13-21(18)22/h3-4,7-14,17,29H,1-2,5-6,15-16H2,(H2,24,26). The van der Waals surface area contributed by atoms with E-state index in [0.29, 0.717) is 24.7 Å². The fourth-order valence-electron chi connectivity index (χ4n) is 3.08. The molecule has 29 heavy (non-hydrogen) atoms. The van der Waals surface area contributed by atoms with E-state index in [-0.39, 0.29) is 0 Å². The third-order valence-corrected chi connectivity index (χ3v) is 5.01. The molecular formula is C23H26N2O3S. The van der Waals surface area contributed by atoms with Gasteiger partial charge in [-0.25, -0.2) is 9.10 Å². The lowest BCUT2D eigenvalue weighted by Crippen LogP contribution is -2.27. The Bertz CT molecular complexity index is 943. The number of unbranched alkanes of at least 4 members (excludes halogenated alkanes) is 3. The number of nitrogens with two attached hydrogens (primary N) is 1. The van der Waals surface area contributed by atoms with Gasteiger partial charge in [0, 0.05) is 11.5 Å².